The summed E-state index contributed by atoms with van der Waals surface area (Å²) in [6.07, 6.45) is 0.0384. The van der Waals surface area contributed by atoms with Gasteiger partial charge >= 0.3 is 0 Å². The van der Waals surface area contributed by atoms with Gasteiger partial charge in [0.05, 0.1) is 32.4 Å². The molecule has 0 saturated heterocycles. The topological polar surface area (TPSA) is 71.0 Å². The van der Waals surface area contributed by atoms with E-state index in [4.69, 9.17) is 9.47 Å². The van der Waals surface area contributed by atoms with Crippen molar-refractivity contribution in [3.63, 3.8) is 0 Å². The van der Waals surface area contributed by atoms with Crippen molar-refractivity contribution in [1.82, 2.24) is 10.2 Å². The lowest BCUT2D eigenvalue weighted by molar-refractivity contribution is -0.132. The Labute approximate surface area is 170 Å². The molecule has 1 heterocycles. The van der Waals surface area contributed by atoms with Crippen LogP contribution in [0.15, 0.2) is 42.5 Å². The zero-order valence-electron chi connectivity index (χ0n) is 16.7. The van der Waals surface area contributed by atoms with Crippen molar-refractivity contribution in [3.05, 3.63) is 65.0 Å². The Balaban J connectivity index is 1.88. The molecular formula is C22H27FN2O4. The van der Waals surface area contributed by atoms with Crippen molar-refractivity contribution < 1.29 is 23.8 Å². The zero-order chi connectivity index (χ0) is 20.8. The molecule has 6 nitrogen and oxygen atoms in total. The van der Waals surface area contributed by atoms with Crippen molar-refractivity contribution >= 4 is 5.91 Å². The highest BCUT2D eigenvalue weighted by Gasteiger charge is 2.33. The van der Waals surface area contributed by atoms with Gasteiger partial charge in [0, 0.05) is 25.8 Å². The van der Waals surface area contributed by atoms with Crippen LogP contribution < -0.4 is 10.1 Å². The van der Waals surface area contributed by atoms with E-state index < -0.39 is 12.1 Å². The van der Waals surface area contributed by atoms with Gasteiger partial charge in [-0.3, -0.25) is 4.79 Å². The van der Waals surface area contributed by atoms with Crippen LogP contribution in [0.3, 0.4) is 0 Å². The predicted molar refractivity (Wildman–Crippen MR) is 107 cm³/mol. The van der Waals surface area contributed by atoms with Gasteiger partial charge in [0.25, 0.3) is 0 Å². The van der Waals surface area contributed by atoms with Gasteiger partial charge in [0.1, 0.15) is 11.6 Å². The molecule has 2 atom stereocenters. The normalized spacial score (nSPS) is 17.0. The predicted octanol–water partition coefficient (Wildman–Crippen LogP) is 1.91. The Bertz CT molecular complexity index is 845. The first kappa shape index (κ1) is 21.2. The van der Waals surface area contributed by atoms with E-state index in [-0.39, 0.29) is 31.4 Å². The molecule has 0 radical (unpaired) electrons. The van der Waals surface area contributed by atoms with Gasteiger partial charge in [0.2, 0.25) is 5.91 Å². The maximum Gasteiger partial charge on any atom is 0.237 e. The van der Waals surface area contributed by atoms with Crippen molar-refractivity contribution in [1.29, 1.82) is 0 Å². The summed E-state index contributed by atoms with van der Waals surface area (Å²) in [5.41, 5.74) is 2.72. The summed E-state index contributed by atoms with van der Waals surface area (Å²) < 4.78 is 24.5. The number of fused-ring (bicyclic) bond motifs is 1. The largest absolute Gasteiger partial charge is 0.496 e. The van der Waals surface area contributed by atoms with E-state index in [1.165, 1.54) is 26.4 Å². The number of aliphatic hydroxyl groups excluding tert-OH is 1. The van der Waals surface area contributed by atoms with E-state index >= 15 is 0 Å². The highest BCUT2D eigenvalue weighted by molar-refractivity contribution is 5.80. The number of nitrogens with zero attached hydrogens (tertiary/aromatic N) is 1. The van der Waals surface area contributed by atoms with Gasteiger partial charge in [-0.05, 0) is 35.7 Å². The Hall–Kier alpha value is -2.48. The van der Waals surface area contributed by atoms with Crippen LogP contribution in [-0.2, 0) is 16.0 Å². The summed E-state index contributed by atoms with van der Waals surface area (Å²) in [4.78, 5) is 14.8. The molecule has 1 aliphatic rings. The van der Waals surface area contributed by atoms with Crippen LogP contribution in [0.1, 0.15) is 22.7 Å². The number of benzene rings is 2. The van der Waals surface area contributed by atoms with Crippen LogP contribution in [0.25, 0.3) is 0 Å². The van der Waals surface area contributed by atoms with Crippen LogP contribution in [0.4, 0.5) is 4.39 Å². The number of carbonyl (C=O) groups excluding carboxylic acids is 1. The van der Waals surface area contributed by atoms with E-state index in [0.717, 1.165) is 17.5 Å². The second-order valence-corrected chi connectivity index (χ2v) is 7.06. The minimum absolute atomic E-state index is 0.0665. The number of aliphatic hydroxyl groups is 1. The monoisotopic (exact) mass is 402 g/mol. The van der Waals surface area contributed by atoms with Gasteiger partial charge in [-0.1, -0.05) is 24.3 Å². The summed E-state index contributed by atoms with van der Waals surface area (Å²) in [7, 11) is 3.05. The van der Waals surface area contributed by atoms with E-state index in [1.54, 1.807) is 11.0 Å². The molecule has 2 aromatic rings. The van der Waals surface area contributed by atoms with Crippen molar-refractivity contribution in [2.24, 2.45) is 0 Å². The second kappa shape index (κ2) is 9.82. The molecule has 2 aromatic carbocycles. The molecule has 0 fully saturated rings. The minimum atomic E-state index is -0.686. The SMILES string of the molecule is COCC(O)CNCC(=O)N1CCc2ccccc2C1c1cc(F)ccc1OC. The fourth-order valence-corrected chi connectivity index (χ4v) is 3.79. The zero-order valence-corrected chi connectivity index (χ0v) is 16.7. The number of halogens is 1. The van der Waals surface area contributed by atoms with Gasteiger partial charge in [-0.25, -0.2) is 4.39 Å². The average molecular weight is 402 g/mol. The third-order valence-corrected chi connectivity index (χ3v) is 5.11. The molecule has 0 saturated carbocycles. The Kier molecular flexibility index (Phi) is 7.19. The van der Waals surface area contributed by atoms with Gasteiger partial charge in [-0.2, -0.15) is 0 Å². The summed E-state index contributed by atoms with van der Waals surface area (Å²) in [5.74, 6) is 0.0341. The number of rotatable bonds is 8. The second-order valence-electron chi connectivity index (χ2n) is 7.06. The molecule has 3 rings (SSSR count). The Morgan fingerprint density at radius 3 is 2.83 bits per heavy atom. The molecule has 7 heteroatoms. The number of nitrogens with one attached hydrogen (secondary N) is 1. The number of carbonyl (C=O) groups is 1. The quantitative estimate of drug-likeness (QED) is 0.706. The lowest BCUT2D eigenvalue weighted by atomic mass is 9.87. The molecule has 2 unspecified atom stereocenters. The first-order chi connectivity index (χ1) is 14.0. The summed E-state index contributed by atoms with van der Waals surface area (Å²) in [5, 5.41) is 12.7. The highest BCUT2D eigenvalue weighted by atomic mass is 19.1. The first-order valence-electron chi connectivity index (χ1n) is 9.63. The molecule has 1 amide bonds. The van der Waals surface area contributed by atoms with Gasteiger partial charge in [0.15, 0.2) is 0 Å². The molecule has 2 N–H and O–H groups in total. The van der Waals surface area contributed by atoms with Gasteiger partial charge in [-0.15, -0.1) is 0 Å². The number of hydrogen-bond acceptors (Lipinski definition) is 5. The van der Waals surface area contributed by atoms with Crippen molar-refractivity contribution in [2.75, 3.05) is 40.5 Å². The lowest BCUT2D eigenvalue weighted by Gasteiger charge is -2.38. The van der Waals surface area contributed by atoms with Crippen LogP contribution in [0.2, 0.25) is 0 Å². The van der Waals surface area contributed by atoms with Crippen LogP contribution in [0.5, 0.6) is 5.75 Å². The van der Waals surface area contributed by atoms with Crippen molar-refractivity contribution in [2.45, 2.75) is 18.6 Å². The summed E-state index contributed by atoms with van der Waals surface area (Å²) >= 11 is 0. The first-order valence-corrected chi connectivity index (χ1v) is 9.63. The Morgan fingerprint density at radius 1 is 1.28 bits per heavy atom. The molecule has 0 spiro atoms. The number of amides is 1. The molecule has 1 aliphatic heterocycles. The smallest absolute Gasteiger partial charge is 0.237 e. The maximum absolute atomic E-state index is 14.1. The molecule has 0 aliphatic carbocycles. The minimum Gasteiger partial charge on any atom is -0.496 e. The van der Waals surface area contributed by atoms with Crippen molar-refractivity contribution in [3.8, 4) is 5.75 Å². The van der Waals surface area contributed by atoms with E-state index in [9.17, 15) is 14.3 Å². The Morgan fingerprint density at radius 2 is 2.07 bits per heavy atom. The number of ether oxygens (including phenoxy) is 2. The van der Waals surface area contributed by atoms with Crippen LogP contribution >= 0.6 is 0 Å². The third kappa shape index (κ3) is 4.93. The maximum atomic E-state index is 14.1. The molecule has 29 heavy (non-hydrogen) atoms. The standard InChI is InChI=1S/C22H27FN2O4/c1-28-14-17(26)12-24-13-21(27)25-10-9-15-5-3-4-6-18(15)22(25)19-11-16(23)7-8-20(19)29-2/h3-8,11,17,22,24,26H,9-10,12-14H2,1-2H3. The van der Waals surface area contributed by atoms with Crippen LogP contribution in [-0.4, -0.2) is 62.5 Å². The molecule has 156 valence electrons. The third-order valence-electron chi connectivity index (χ3n) is 5.11. The fraction of sp³-hybridized carbons (Fsp3) is 0.409. The molecule has 0 bridgehead atoms. The molecular weight excluding hydrogens is 375 g/mol. The van der Waals surface area contributed by atoms with E-state index in [1.807, 2.05) is 24.3 Å². The lowest BCUT2D eigenvalue weighted by Crippen LogP contribution is -2.45. The highest BCUT2D eigenvalue weighted by Crippen LogP contribution is 2.39. The number of hydrogen-bond donors (Lipinski definition) is 2. The number of methoxy groups -OCH3 is 2. The fourth-order valence-electron chi connectivity index (χ4n) is 3.79. The van der Waals surface area contributed by atoms with Gasteiger partial charge < -0.3 is 24.8 Å². The van der Waals surface area contributed by atoms with E-state index in [2.05, 4.69) is 5.32 Å². The van der Waals surface area contributed by atoms with E-state index in [0.29, 0.717) is 17.9 Å². The summed E-state index contributed by atoms with van der Waals surface area (Å²) in [6, 6.07) is 11.8. The van der Waals surface area contributed by atoms with Crippen LogP contribution in [0, 0.1) is 5.82 Å². The summed E-state index contributed by atoms with van der Waals surface area (Å²) in [6.45, 7) is 1.03. The molecule has 0 aromatic heterocycles. The average Bonchev–Trinajstić information content (AvgIpc) is 2.73.